The summed E-state index contributed by atoms with van der Waals surface area (Å²) in [6.45, 7) is 5.37. The molecule has 3 fully saturated rings. The van der Waals surface area contributed by atoms with Crippen LogP contribution in [0.2, 0.25) is 0 Å². The van der Waals surface area contributed by atoms with Crippen LogP contribution < -0.4 is 4.74 Å². The first-order valence-electron chi connectivity index (χ1n) is 13.3. The molecule has 4 rings (SSSR count). The van der Waals surface area contributed by atoms with Gasteiger partial charge < -0.3 is 9.47 Å². The smallest absolute Gasteiger partial charge is 0.200 e. The van der Waals surface area contributed by atoms with E-state index in [1.807, 2.05) is 0 Å². The molecule has 2 aliphatic carbocycles. The lowest BCUT2D eigenvalue weighted by molar-refractivity contribution is -0.0617. The van der Waals surface area contributed by atoms with Gasteiger partial charge in [0.25, 0.3) is 0 Å². The van der Waals surface area contributed by atoms with E-state index in [0.29, 0.717) is 18.3 Å². The van der Waals surface area contributed by atoms with E-state index in [-0.39, 0.29) is 11.7 Å². The molecule has 1 saturated heterocycles. The fraction of sp³-hybridized carbons (Fsp3) is 0.786. The zero-order chi connectivity index (χ0) is 22.5. The SMILES string of the molecule is CCCC1CCC(C2CCC(C3CCC(c4ccc(OCC)c(F)c4F)CC3)CC2)OC1. The van der Waals surface area contributed by atoms with Gasteiger partial charge >= 0.3 is 0 Å². The second kappa shape index (κ2) is 11.3. The standard InChI is InChI=1S/C28H42F2O2/c1-3-5-19-6-16-25(32-18-19)23-13-9-21(10-14-23)20-7-11-22(12-8-20)24-15-17-26(31-4-2)28(30)27(24)29/h15,17,19-23,25H,3-14,16,18H2,1-2H3. The summed E-state index contributed by atoms with van der Waals surface area (Å²) in [5, 5.41) is 0. The van der Waals surface area contributed by atoms with E-state index >= 15 is 0 Å². The molecular weight excluding hydrogens is 406 g/mol. The normalized spacial score (nSPS) is 33.8. The van der Waals surface area contributed by atoms with Gasteiger partial charge in [0.2, 0.25) is 5.82 Å². The quantitative estimate of drug-likeness (QED) is 0.420. The van der Waals surface area contributed by atoms with Gasteiger partial charge in [0, 0.05) is 6.61 Å². The zero-order valence-corrected chi connectivity index (χ0v) is 20.1. The van der Waals surface area contributed by atoms with Crippen molar-refractivity contribution in [2.24, 2.45) is 23.7 Å². The number of halogens is 2. The number of rotatable bonds is 7. The van der Waals surface area contributed by atoms with E-state index in [2.05, 4.69) is 6.92 Å². The summed E-state index contributed by atoms with van der Waals surface area (Å²) in [7, 11) is 0. The van der Waals surface area contributed by atoms with Crippen molar-refractivity contribution in [3.05, 3.63) is 29.3 Å². The molecule has 2 atom stereocenters. The first kappa shape index (κ1) is 24.0. The molecule has 2 saturated carbocycles. The van der Waals surface area contributed by atoms with Crippen molar-refractivity contribution in [3.63, 3.8) is 0 Å². The zero-order valence-electron chi connectivity index (χ0n) is 20.1. The molecule has 1 aliphatic heterocycles. The molecule has 2 unspecified atom stereocenters. The molecule has 1 aromatic carbocycles. The van der Waals surface area contributed by atoms with Gasteiger partial charge in [-0.1, -0.05) is 19.4 Å². The predicted octanol–water partition coefficient (Wildman–Crippen LogP) is 8.04. The van der Waals surface area contributed by atoms with Crippen LogP contribution in [0.4, 0.5) is 8.78 Å². The second-order valence-corrected chi connectivity index (χ2v) is 10.6. The third kappa shape index (κ3) is 5.48. The minimum absolute atomic E-state index is 0.0297. The molecule has 0 N–H and O–H groups in total. The van der Waals surface area contributed by atoms with Crippen molar-refractivity contribution in [1.29, 1.82) is 0 Å². The maximum atomic E-state index is 14.6. The van der Waals surface area contributed by atoms with E-state index < -0.39 is 11.6 Å². The summed E-state index contributed by atoms with van der Waals surface area (Å²) in [4.78, 5) is 0. The van der Waals surface area contributed by atoms with Crippen molar-refractivity contribution < 1.29 is 18.3 Å². The van der Waals surface area contributed by atoms with Crippen LogP contribution >= 0.6 is 0 Å². The van der Waals surface area contributed by atoms with Crippen LogP contribution in [0.15, 0.2) is 12.1 Å². The van der Waals surface area contributed by atoms with Crippen LogP contribution in [0.25, 0.3) is 0 Å². The summed E-state index contributed by atoms with van der Waals surface area (Å²) in [5.41, 5.74) is 0.545. The van der Waals surface area contributed by atoms with E-state index in [9.17, 15) is 8.78 Å². The highest BCUT2D eigenvalue weighted by Crippen LogP contribution is 2.46. The summed E-state index contributed by atoms with van der Waals surface area (Å²) in [5.74, 6) is 1.75. The van der Waals surface area contributed by atoms with E-state index in [4.69, 9.17) is 9.47 Å². The first-order valence-corrected chi connectivity index (χ1v) is 13.3. The summed E-state index contributed by atoms with van der Waals surface area (Å²) >= 11 is 0. The monoisotopic (exact) mass is 448 g/mol. The number of hydrogen-bond donors (Lipinski definition) is 0. The average molecular weight is 449 g/mol. The lowest BCUT2D eigenvalue weighted by Gasteiger charge is -2.41. The first-order chi connectivity index (χ1) is 15.6. The number of hydrogen-bond acceptors (Lipinski definition) is 2. The largest absolute Gasteiger partial charge is 0.491 e. The third-order valence-electron chi connectivity index (χ3n) is 8.70. The van der Waals surface area contributed by atoms with Crippen LogP contribution in [0.1, 0.15) is 102 Å². The van der Waals surface area contributed by atoms with Crippen molar-refractivity contribution in [3.8, 4) is 5.75 Å². The average Bonchev–Trinajstić information content (AvgIpc) is 2.83. The van der Waals surface area contributed by atoms with Crippen LogP contribution in [0, 0.1) is 35.3 Å². The summed E-state index contributed by atoms with van der Waals surface area (Å²) in [6, 6.07) is 3.34. The topological polar surface area (TPSA) is 18.5 Å². The van der Waals surface area contributed by atoms with Crippen molar-refractivity contribution in [2.75, 3.05) is 13.2 Å². The van der Waals surface area contributed by atoms with Gasteiger partial charge in [0.15, 0.2) is 11.6 Å². The minimum atomic E-state index is -0.823. The Morgan fingerprint density at radius 2 is 1.47 bits per heavy atom. The Morgan fingerprint density at radius 3 is 2.06 bits per heavy atom. The van der Waals surface area contributed by atoms with Gasteiger partial charge in [-0.25, -0.2) is 4.39 Å². The van der Waals surface area contributed by atoms with Crippen molar-refractivity contribution >= 4 is 0 Å². The molecule has 0 aromatic heterocycles. The Balaban J connectivity index is 1.23. The maximum absolute atomic E-state index is 14.6. The minimum Gasteiger partial charge on any atom is -0.491 e. The van der Waals surface area contributed by atoms with Gasteiger partial charge in [-0.05, 0) is 119 Å². The maximum Gasteiger partial charge on any atom is 0.200 e. The van der Waals surface area contributed by atoms with Crippen molar-refractivity contribution in [2.45, 2.75) is 103 Å². The van der Waals surface area contributed by atoms with Crippen LogP contribution in [0.5, 0.6) is 5.75 Å². The van der Waals surface area contributed by atoms with Gasteiger partial charge in [0.1, 0.15) is 0 Å². The van der Waals surface area contributed by atoms with Crippen LogP contribution in [-0.2, 0) is 4.74 Å². The molecule has 180 valence electrons. The fourth-order valence-corrected chi connectivity index (χ4v) is 6.85. The number of ether oxygens (including phenoxy) is 2. The van der Waals surface area contributed by atoms with Crippen LogP contribution in [-0.4, -0.2) is 19.3 Å². The highest BCUT2D eigenvalue weighted by atomic mass is 19.2. The Morgan fingerprint density at radius 1 is 0.812 bits per heavy atom. The van der Waals surface area contributed by atoms with Gasteiger partial charge in [-0.3, -0.25) is 0 Å². The molecule has 0 bridgehead atoms. The Bertz CT molecular complexity index is 712. The Labute approximate surface area is 193 Å². The second-order valence-electron chi connectivity index (χ2n) is 10.6. The van der Waals surface area contributed by atoms with E-state index in [1.165, 1.54) is 51.4 Å². The molecule has 1 aromatic rings. The number of benzene rings is 1. The lowest BCUT2D eigenvalue weighted by Crippen LogP contribution is -2.35. The summed E-state index contributed by atoms with van der Waals surface area (Å²) in [6.07, 6.45) is 15.2. The van der Waals surface area contributed by atoms with Crippen LogP contribution in [0.3, 0.4) is 0 Å². The Kier molecular flexibility index (Phi) is 8.48. The lowest BCUT2D eigenvalue weighted by atomic mass is 9.67. The van der Waals surface area contributed by atoms with E-state index in [0.717, 1.165) is 56.0 Å². The fourth-order valence-electron chi connectivity index (χ4n) is 6.85. The summed E-state index contributed by atoms with van der Waals surface area (Å²) < 4.78 is 40.4. The molecule has 4 heteroatoms. The molecule has 0 spiro atoms. The highest BCUT2D eigenvalue weighted by Gasteiger charge is 2.36. The van der Waals surface area contributed by atoms with Crippen molar-refractivity contribution in [1.82, 2.24) is 0 Å². The highest BCUT2D eigenvalue weighted by molar-refractivity contribution is 5.33. The van der Waals surface area contributed by atoms with Gasteiger partial charge in [-0.2, -0.15) is 4.39 Å². The molecule has 0 radical (unpaired) electrons. The molecule has 3 aliphatic rings. The molecule has 0 amide bonds. The van der Waals surface area contributed by atoms with E-state index in [1.54, 1.807) is 19.1 Å². The van der Waals surface area contributed by atoms with Gasteiger partial charge in [-0.15, -0.1) is 0 Å². The predicted molar refractivity (Wildman–Crippen MR) is 125 cm³/mol. The molecule has 32 heavy (non-hydrogen) atoms. The molecular formula is C28H42F2O2. The Hall–Kier alpha value is -1.16. The van der Waals surface area contributed by atoms with Gasteiger partial charge in [0.05, 0.1) is 12.7 Å². The molecule has 2 nitrogen and oxygen atoms in total. The third-order valence-corrected chi connectivity index (χ3v) is 8.70. The molecule has 1 heterocycles.